The molecule has 0 spiro atoms. The first-order valence-corrected chi connectivity index (χ1v) is 8.39. The molecule has 8 nitrogen and oxygen atoms in total. The molecule has 8 heteroatoms. The Kier molecular flexibility index (Phi) is 5.29. The lowest BCUT2D eigenvalue weighted by Gasteiger charge is -2.33. The number of nitrogens with zero attached hydrogens (tertiary/aromatic N) is 5. The summed E-state index contributed by atoms with van der Waals surface area (Å²) in [6.07, 6.45) is 1.44. The van der Waals surface area contributed by atoms with E-state index >= 15 is 0 Å². The molecule has 2 heterocycles. The Bertz CT molecular complexity index is 831. The largest absolute Gasteiger partial charge is 0.340 e. The van der Waals surface area contributed by atoms with E-state index in [2.05, 4.69) is 16.5 Å². The van der Waals surface area contributed by atoms with Crippen LogP contribution in [0.3, 0.4) is 0 Å². The van der Waals surface area contributed by atoms with Crippen molar-refractivity contribution in [3.63, 3.8) is 0 Å². The number of rotatable bonds is 4. The van der Waals surface area contributed by atoms with E-state index in [1.165, 1.54) is 6.20 Å². The van der Waals surface area contributed by atoms with Crippen molar-refractivity contribution in [3.8, 4) is 11.8 Å². The maximum absolute atomic E-state index is 12.5. The number of aromatic nitrogens is 2. The molecular weight excluding hydrogens is 332 g/mol. The monoisotopic (exact) mass is 352 g/mol. The second-order valence-electron chi connectivity index (χ2n) is 6.10. The van der Waals surface area contributed by atoms with Crippen molar-refractivity contribution < 1.29 is 9.59 Å². The minimum atomic E-state index is -0.213. The Hall–Kier alpha value is -3.18. The van der Waals surface area contributed by atoms with Crippen LogP contribution >= 0.6 is 0 Å². The van der Waals surface area contributed by atoms with Gasteiger partial charge in [-0.05, 0) is 12.1 Å². The van der Waals surface area contributed by atoms with Crippen LogP contribution in [0.15, 0.2) is 36.5 Å². The molecule has 0 unspecified atom stereocenters. The van der Waals surface area contributed by atoms with Crippen LogP contribution in [0.1, 0.15) is 12.5 Å². The van der Waals surface area contributed by atoms with E-state index < -0.39 is 0 Å². The van der Waals surface area contributed by atoms with Gasteiger partial charge in [-0.15, -0.1) is 0 Å². The maximum atomic E-state index is 12.5. The minimum Gasteiger partial charge on any atom is -0.340 e. The Morgan fingerprint density at radius 2 is 1.88 bits per heavy atom. The smallest absolute Gasteiger partial charge is 0.239 e. The van der Waals surface area contributed by atoms with Gasteiger partial charge in [-0.3, -0.25) is 14.5 Å². The van der Waals surface area contributed by atoms with Gasteiger partial charge in [0.1, 0.15) is 11.6 Å². The van der Waals surface area contributed by atoms with Crippen molar-refractivity contribution in [2.45, 2.75) is 6.92 Å². The van der Waals surface area contributed by atoms with Crippen LogP contribution in [0, 0.1) is 11.3 Å². The minimum absolute atomic E-state index is 0.0551. The highest BCUT2D eigenvalue weighted by atomic mass is 16.2. The third-order valence-corrected chi connectivity index (χ3v) is 4.33. The van der Waals surface area contributed by atoms with Gasteiger partial charge in [0.15, 0.2) is 5.82 Å². The van der Waals surface area contributed by atoms with Crippen LogP contribution in [0.2, 0.25) is 0 Å². The van der Waals surface area contributed by atoms with E-state index in [0.29, 0.717) is 37.6 Å². The molecule has 1 aromatic heterocycles. The summed E-state index contributed by atoms with van der Waals surface area (Å²) in [4.78, 5) is 27.6. The van der Waals surface area contributed by atoms with Crippen LogP contribution in [0.5, 0.6) is 0 Å². The molecular formula is C18H20N6O2. The molecule has 1 saturated heterocycles. The van der Waals surface area contributed by atoms with Crippen LogP contribution in [0.4, 0.5) is 5.82 Å². The fourth-order valence-corrected chi connectivity index (χ4v) is 2.91. The van der Waals surface area contributed by atoms with E-state index in [1.807, 2.05) is 35.2 Å². The number of benzene rings is 1. The highest BCUT2D eigenvalue weighted by Gasteiger charge is 2.21. The molecule has 1 N–H and O–H groups in total. The second kappa shape index (κ2) is 7.80. The zero-order valence-corrected chi connectivity index (χ0v) is 14.6. The zero-order valence-electron chi connectivity index (χ0n) is 14.6. The Labute approximate surface area is 151 Å². The van der Waals surface area contributed by atoms with Crippen LogP contribution in [0.25, 0.3) is 5.69 Å². The Balaban J connectivity index is 1.67. The summed E-state index contributed by atoms with van der Waals surface area (Å²) in [6.45, 7) is 4.29. The number of nitriles is 1. The van der Waals surface area contributed by atoms with Crippen molar-refractivity contribution in [2.75, 3.05) is 38.0 Å². The summed E-state index contributed by atoms with van der Waals surface area (Å²) in [6, 6.07) is 11.4. The fraction of sp³-hybridized carbons (Fsp3) is 0.333. The van der Waals surface area contributed by atoms with Crippen molar-refractivity contribution >= 4 is 17.6 Å². The van der Waals surface area contributed by atoms with E-state index in [9.17, 15) is 14.9 Å². The van der Waals surface area contributed by atoms with Crippen molar-refractivity contribution in [1.82, 2.24) is 19.6 Å². The number of para-hydroxylation sites is 1. The summed E-state index contributed by atoms with van der Waals surface area (Å²) in [5.74, 6) is 0.209. The summed E-state index contributed by atoms with van der Waals surface area (Å²) < 4.78 is 1.55. The summed E-state index contributed by atoms with van der Waals surface area (Å²) >= 11 is 0. The molecule has 0 aliphatic carbocycles. The van der Waals surface area contributed by atoms with Gasteiger partial charge >= 0.3 is 0 Å². The van der Waals surface area contributed by atoms with E-state index in [-0.39, 0.29) is 18.4 Å². The predicted molar refractivity (Wildman–Crippen MR) is 95.6 cm³/mol. The number of amides is 2. The molecule has 3 rings (SSSR count). The molecule has 2 amide bonds. The van der Waals surface area contributed by atoms with E-state index in [4.69, 9.17) is 0 Å². The first-order chi connectivity index (χ1) is 12.6. The first-order valence-electron chi connectivity index (χ1n) is 8.39. The third-order valence-electron chi connectivity index (χ3n) is 4.33. The Morgan fingerprint density at radius 1 is 1.19 bits per heavy atom. The van der Waals surface area contributed by atoms with Crippen LogP contribution < -0.4 is 5.32 Å². The number of carbonyl (C=O) groups is 2. The van der Waals surface area contributed by atoms with Crippen molar-refractivity contribution in [3.05, 3.63) is 42.1 Å². The van der Waals surface area contributed by atoms with Gasteiger partial charge in [0.2, 0.25) is 11.8 Å². The number of hydrogen-bond acceptors (Lipinski definition) is 5. The summed E-state index contributed by atoms with van der Waals surface area (Å²) in [5, 5.41) is 16.3. The van der Waals surface area contributed by atoms with Gasteiger partial charge in [0.25, 0.3) is 0 Å². The molecule has 1 aliphatic heterocycles. The first kappa shape index (κ1) is 17.6. The molecule has 0 radical (unpaired) electrons. The van der Waals surface area contributed by atoms with Gasteiger partial charge in [-0.25, -0.2) is 4.68 Å². The van der Waals surface area contributed by atoms with Crippen molar-refractivity contribution in [2.24, 2.45) is 0 Å². The van der Waals surface area contributed by atoms with Gasteiger partial charge < -0.3 is 10.2 Å². The standard InChI is InChI=1S/C18H20N6O2/c1-14(25)23-9-7-22(8-10-23)13-17(26)21-18-15(11-19)12-20-24(18)16-5-3-2-4-6-16/h2-6,12H,7-10,13H2,1H3,(H,21,26). The fourth-order valence-electron chi connectivity index (χ4n) is 2.91. The third kappa shape index (κ3) is 3.90. The lowest BCUT2D eigenvalue weighted by Crippen LogP contribution is -2.49. The quantitative estimate of drug-likeness (QED) is 0.880. The zero-order chi connectivity index (χ0) is 18.5. The molecule has 1 aromatic carbocycles. The van der Waals surface area contributed by atoms with Gasteiger partial charge in [0, 0.05) is 33.1 Å². The number of hydrogen-bond donors (Lipinski definition) is 1. The normalized spacial score (nSPS) is 14.7. The van der Waals surface area contributed by atoms with Crippen molar-refractivity contribution in [1.29, 1.82) is 5.26 Å². The average Bonchev–Trinajstić information content (AvgIpc) is 3.05. The molecule has 1 aliphatic rings. The number of anilines is 1. The molecule has 26 heavy (non-hydrogen) atoms. The lowest BCUT2D eigenvalue weighted by molar-refractivity contribution is -0.130. The average molecular weight is 352 g/mol. The second-order valence-corrected chi connectivity index (χ2v) is 6.10. The SMILES string of the molecule is CC(=O)N1CCN(CC(=O)Nc2c(C#N)cnn2-c2ccccc2)CC1. The predicted octanol–water partition coefficient (Wildman–Crippen LogP) is 0.847. The molecule has 1 fully saturated rings. The molecule has 134 valence electrons. The topological polar surface area (TPSA) is 94.3 Å². The van der Waals surface area contributed by atoms with E-state index in [1.54, 1.807) is 16.5 Å². The molecule has 2 aromatic rings. The maximum Gasteiger partial charge on any atom is 0.239 e. The number of nitrogens with one attached hydrogen (secondary N) is 1. The van der Waals surface area contributed by atoms with Crippen LogP contribution in [-0.2, 0) is 9.59 Å². The molecule has 0 saturated carbocycles. The number of carbonyl (C=O) groups excluding carboxylic acids is 2. The van der Waals surface area contributed by atoms with Gasteiger partial charge in [0.05, 0.1) is 18.4 Å². The highest BCUT2D eigenvalue weighted by Crippen LogP contribution is 2.19. The molecule has 0 bridgehead atoms. The van der Waals surface area contributed by atoms with Gasteiger partial charge in [-0.1, -0.05) is 18.2 Å². The van der Waals surface area contributed by atoms with Crippen LogP contribution in [-0.4, -0.2) is 64.1 Å². The number of piperazine rings is 1. The highest BCUT2D eigenvalue weighted by molar-refractivity contribution is 5.93. The summed E-state index contributed by atoms with van der Waals surface area (Å²) in [5.41, 5.74) is 1.07. The van der Waals surface area contributed by atoms with Gasteiger partial charge in [-0.2, -0.15) is 10.4 Å². The van der Waals surface area contributed by atoms with E-state index in [0.717, 1.165) is 5.69 Å². The summed E-state index contributed by atoms with van der Waals surface area (Å²) in [7, 11) is 0. The lowest BCUT2D eigenvalue weighted by atomic mass is 10.3. The molecule has 0 atom stereocenters. The Morgan fingerprint density at radius 3 is 2.50 bits per heavy atom.